The lowest BCUT2D eigenvalue weighted by atomic mass is 10.1. The van der Waals surface area contributed by atoms with Crippen LogP contribution in [0.5, 0.6) is 11.5 Å². The van der Waals surface area contributed by atoms with E-state index in [-0.39, 0.29) is 6.61 Å². The van der Waals surface area contributed by atoms with Gasteiger partial charge in [0.1, 0.15) is 16.2 Å². The second kappa shape index (κ2) is 9.00. The number of carbonyl (C=O) groups is 2. The Morgan fingerprint density at radius 1 is 1.13 bits per heavy atom. The molecule has 158 valence electrons. The Bertz CT molecular complexity index is 1070. The van der Waals surface area contributed by atoms with Crippen LogP contribution in [0.4, 0.5) is 5.69 Å². The van der Waals surface area contributed by atoms with Crippen LogP contribution in [0, 0.1) is 13.8 Å². The topological polar surface area (TPSA) is 99.9 Å². The van der Waals surface area contributed by atoms with Crippen LogP contribution in [0.3, 0.4) is 0 Å². The van der Waals surface area contributed by atoms with Crippen molar-refractivity contribution in [2.45, 2.75) is 20.8 Å². The predicted octanol–water partition coefficient (Wildman–Crippen LogP) is 4.47. The van der Waals surface area contributed by atoms with E-state index in [9.17, 15) is 9.59 Å². The van der Waals surface area contributed by atoms with E-state index in [4.69, 9.17) is 18.7 Å². The number of ether oxygens (including phenoxy) is 3. The van der Waals surface area contributed by atoms with Gasteiger partial charge < -0.3 is 24.1 Å². The highest BCUT2D eigenvalue weighted by Gasteiger charge is 2.24. The van der Waals surface area contributed by atoms with E-state index < -0.39 is 11.9 Å². The van der Waals surface area contributed by atoms with E-state index in [2.05, 4.69) is 10.5 Å². The van der Waals surface area contributed by atoms with E-state index in [0.717, 1.165) is 10.4 Å². The molecular weight excluding hydrogens is 408 g/mol. The molecule has 0 aliphatic heterocycles. The van der Waals surface area contributed by atoms with Crippen molar-refractivity contribution in [2.75, 3.05) is 26.1 Å². The fourth-order valence-corrected chi connectivity index (χ4v) is 3.96. The number of benzene rings is 1. The van der Waals surface area contributed by atoms with Crippen molar-refractivity contribution in [1.82, 2.24) is 5.16 Å². The summed E-state index contributed by atoms with van der Waals surface area (Å²) < 4.78 is 20.9. The standard InChI is InChI=1S/C21H22N2O6S/c1-6-28-21(25)19-14(22-20(24)18-11(2)23-29-12(18)3)10-17(30-19)13-7-8-15(26-4)16(9-13)27-5/h7-10H,6H2,1-5H3,(H,22,24). The fraction of sp³-hybridized carbons (Fsp3) is 0.286. The van der Waals surface area contributed by atoms with Crippen LogP contribution in [-0.2, 0) is 4.74 Å². The highest BCUT2D eigenvalue weighted by molar-refractivity contribution is 7.18. The second-order valence-corrected chi connectivity index (χ2v) is 7.35. The molecule has 3 aromatic rings. The van der Waals surface area contributed by atoms with Gasteiger partial charge in [-0.05, 0) is 50.6 Å². The minimum absolute atomic E-state index is 0.222. The average molecular weight is 430 g/mol. The number of esters is 1. The molecule has 3 rings (SSSR count). The van der Waals surface area contributed by atoms with Gasteiger partial charge >= 0.3 is 5.97 Å². The largest absolute Gasteiger partial charge is 0.493 e. The molecule has 0 fully saturated rings. The minimum atomic E-state index is -0.511. The van der Waals surface area contributed by atoms with E-state index in [1.807, 2.05) is 6.07 Å². The van der Waals surface area contributed by atoms with Crippen molar-refractivity contribution in [3.63, 3.8) is 0 Å². The van der Waals surface area contributed by atoms with Crippen molar-refractivity contribution in [3.05, 3.63) is 46.2 Å². The number of hydrogen-bond donors (Lipinski definition) is 1. The molecule has 0 bridgehead atoms. The van der Waals surface area contributed by atoms with Gasteiger partial charge in [0.05, 0.1) is 32.2 Å². The maximum Gasteiger partial charge on any atom is 0.350 e. The van der Waals surface area contributed by atoms with Gasteiger partial charge in [-0.1, -0.05) is 5.16 Å². The smallest absolute Gasteiger partial charge is 0.350 e. The zero-order chi connectivity index (χ0) is 21.8. The van der Waals surface area contributed by atoms with Crippen LogP contribution >= 0.6 is 11.3 Å². The Morgan fingerprint density at radius 2 is 1.87 bits per heavy atom. The first-order valence-corrected chi connectivity index (χ1v) is 9.98. The summed E-state index contributed by atoms with van der Waals surface area (Å²) in [6.45, 7) is 5.28. The van der Waals surface area contributed by atoms with E-state index in [1.54, 1.807) is 53.2 Å². The van der Waals surface area contributed by atoms with Gasteiger partial charge in [-0.15, -0.1) is 11.3 Å². The summed E-state index contributed by atoms with van der Waals surface area (Å²) in [4.78, 5) is 26.3. The molecule has 1 amide bonds. The fourth-order valence-electron chi connectivity index (χ4n) is 2.96. The third-order valence-corrected chi connectivity index (χ3v) is 5.53. The number of aryl methyl sites for hydroxylation is 2. The van der Waals surface area contributed by atoms with Crippen molar-refractivity contribution in [2.24, 2.45) is 0 Å². The van der Waals surface area contributed by atoms with Gasteiger partial charge in [0, 0.05) is 4.88 Å². The Labute approximate surface area is 177 Å². The lowest BCUT2D eigenvalue weighted by Gasteiger charge is -2.08. The van der Waals surface area contributed by atoms with Gasteiger partial charge in [0.2, 0.25) is 0 Å². The molecule has 0 spiro atoms. The normalized spacial score (nSPS) is 10.6. The van der Waals surface area contributed by atoms with Crippen molar-refractivity contribution >= 4 is 28.9 Å². The maximum atomic E-state index is 12.8. The van der Waals surface area contributed by atoms with Gasteiger partial charge in [-0.3, -0.25) is 4.79 Å². The summed E-state index contributed by atoms with van der Waals surface area (Å²) in [5, 5.41) is 6.59. The van der Waals surface area contributed by atoms with E-state index >= 15 is 0 Å². The monoisotopic (exact) mass is 430 g/mol. The number of rotatable bonds is 7. The van der Waals surface area contributed by atoms with Crippen LogP contribution in [-0.4, -0.2) is 37.9 Å². The third kappa shape index (κ3) is 4.16. The first-order valence-electron chi connectivity index (χ1n) is 9.17. The van der Waals surface area contributed by atoms with Crippen LogP contribution in [0.2, 0.25) is 0 Å². The first kappa shape index (κ1) is 21.4. The van der Waals surface area contributed by atoms with E-state index in [1.165, 1.54) is 11.3 Å². The van der Waals surface area contributed by atoms with Crippen LogP contribution < -0.4 is 14.8 Å². The lowest BCUT2D eigenvalue weighted by Crippen LogP contribution is -2.15. The van der Waals surface area contributed by atoms with Gasteiger partial charge in [0.25, 0.3) is 5.91 Å². The van der Waals surface area contributed by atoms with Gasteiger partial charge in [0.15, 0.2) is 11.5 Å². The predicted molar refractivity (Wildman–Crippen MR) is 113 cm³/mol. The summed E-state index contributed by atoms with van der Waals surface area (Å²) in [6.07, 6.45) is 0. The summed E-state index contributed by atoms with van der Waals surface area (Å²) in [7, 11) is 3.11. The van der Waals surface area contributed by atoms with Crippen LogP contribution in [0.15, 0.2) is 28.8 Å². The summed E-state index contributed by atoms with van der Waals surface area (Å²) >= 11 is 1.22. The second-order valence-electron chi connectivity index (χ2n) is 6.30. The van der Waals surface area contributed by atoms with Crippen molar-refractivity contribution in [1.29, 1.82) is 0 Å². The molecule has 8 nitrogen and oxygen atoms in total. The number of aromatic nitrogens is 1. The minimum Gasteiger partial charge on any atom is -0.493 e. The molecule has 1 N–H and O–H groups in total. The molecule has 0 saturated heterocycles. The number of nitrogens with one attached hydrogen (secondary N) is 1. The number of methoxy groups -OCH3 is 2. The number of nitrogens with zero attached hydrogens (tertiary/aromatic N) is 1. The molecule has 0 atom stereocenters. The Hall–Kier alpha value is -3.33. The summed E-state index contributed by atoms with van der Waals surface area (Å²) in [6, 6.07) is 7.16. The zero-order valence-corrected chi connectivity index (χ0v) is 18.1. The molecule has 30 heavy (non-hydrogen) atoms. The van der Waals surface area contributed by atoms with Crippen molar-refractivity contribution in [3.8, 4) is 21.9 Å². The Morgan fingerprint density at radius 3 is 2.47 bits per heavy atom. The molecule has 0 aliphatic rings. The SMILES string of the molecule is CCOC(=O)c1sc(-c2ccc(OC)c(OC)c2)cc1NC(=O)c1c(C)noc1C. The molecule has 2 heterocycles. The number of amides is 1. The molecule has 2 aromatic heterocycles. The summed E-state index contributed by atoms with van der Waals surface area (Å²) in [5.41, 5.74) is 1.97. The highest BCUT2D eigenvalue weighted by atomic mass is 32.1. The molecule has 9 heteroatoms. The molecule has 0 saturated carbocycles. The number of carbonyl (C=O) groups excluding carboxylic acids is 2. The molecule has 0 aliphatic carbocycles. The third-order valence-electron chi connectivity index (χ3n) is 4.37. The van der Waals surface area contributed by atoms with Crippen LogP contribution in [0.25, 0.3) is 10.4 Å². The quantitative estimate of drug-likeness (QED) is 0.552. The van der Waals surface area contributed by atoms with Crippen molar-refractivity contribution < 1.29 is 28.3 Å². The highest BCUT2D eigenvalue weighted by Crippen LogP contribution is 2.39. The molecule has 1 aromatic carbocycles. The zero-order valence-electron chi connectivity index (χ0n) is 17.3. The lowest BCUT2D eigenvalue weighted by molar-refractivity contribution is 0.0533. The van der Waals surface area contributed by atoms with E-state index in [0.29, 0.717) is 39.1 Å². The molecule has 0 radical (unpaired) electrons. The Kier molecular flexibility index (Phi) is 6.41. The van der Waals surface area contributed by atoms with Gasteiger partial charge in [-0.2, -0.15) is 0 Å². The Balaban J connectivity index is 2.01. The number of thiophene rings is 1. The maximum absolute atomic E-state index is 12.8. The first-order chi connectivity index (χ1) is 14.4. The summed E-state index contributed by atoms with van der Waals surface area (Å²) in [5.74, 6) is 0.632. The van der Waals surface area contributed by atoms with Gasteiger partial charge in [-0.25, -0.2) is 4.79 Å². The average Bonchev–Trinajstić information content (AvgIpc) is 3.30. The number of anilines is 1. The molecule has 0 unspecified atom stereocenters. The molecular formula is C21H22N2O6S. The number of hydrogen-bond acceptors (Lipinski definition) is 8. The van der Waals surface area contributed by atoms with Crippen LogP contribution in [0.1, 0.15) is 38.4 Å².